The summed E-state index contributed by atoms with van der Waals surface area (Å²) in [7, 11) is -1.92. The Morgan fingerprint density at radius 1 is 1.18 bits per heavy atom. The van der Waals surface area contributed by atoms with Gasteiger partial charge in [-0.15, -0.1) is 12.4 Å². The van der Waals surface area contributed by atoms with Gasteiger partial charge in [0.05, 0.1) is 6.20 Å². The maximum absolute atomic E-state index is 12.6. The van der Waals surface area contributed by atoms with Crippen molar-refractivity contribution in [3.05, 3.63) is 48.2 Å². The van der Waals surface area contributed by atoms with Gasteiger partial charge in [-0.25, -0.2) is 8.42 Å². The molecule has 1 aromatic heterocycles. The van der Waals surface area contributed by atoms with Crippen LogP contribution in [-0.2, 0) is 17.1 Å². The number of halogens is 1. The molecule has 0 radical (unpaired) electrons. The Balaban J connectivity index is 0.00000176. The highest BCUT2D eigenvalue weighted by atomic mass is 35.5. The van der Waals surface area contributed by atoms with Gasteiger partial charge in [0.1, 0.15) is 0 Å². The summed E-state index contributed by atoms with van der Waals surface area (Å²) < 4.78 is 28.1. The summed E-state index contributed by atoms with van der Waals surface area (Å²) in [5.74, 6) is 0.0224. The normalized spacial score (nSPS) is 22.5. The molecule has 0 spiro atoms. The van der Waals surface area contributed by atoms with Crippen LogP contribution < -0.4 is 5.73 Å². The third-order valence-corrected chi connectivity index (χ3v) is 5.85. The van der Waals surface area contributed by atoms with E-state index in [9.17, 15) is 8.42 Å². The van der Waals surface area contributed by atoms with Gasteiger partial charge in [0.25, 0.3) is 10.0 Å². The zero-order chi connectivity index (χ0) is 15.0. The number of aromatic nitrogens is 2. The molecular weight excluding hydrogens is 324 g/mol. The van der Waals surface area contributed by atoms with Crippen LogP contribution >= 0.6 is 12.4 Å². The Morgan fingerprint density at radius 3 is 2.45 bits per heavy atom. The highest BCUT2D eigenvalue weighted by Crippen LogP contribution is 2.30. The molecule has 2 atom stereocenters. The quantitative estimate of drug-likeness (QED) is 0.900. The number of rotatable bonds is 3. The van der Waals surface area contributed by atoms with E-state index < -0.39 is 10.0 Å². The van der Waals surface area contributed by atoms with Crippen molar-refractivity contribution in [3.63, 3.8) is 0 Å². The number of benzene rings is 1. The third-order valence-electron chi connectivity index (χ3n) is 3.94. The van der Waals surface area contributed by atoms with E-state index in [1.807, 2.05) is 30.3 Å². The molecular formula is C14H19ClN4O2S. The van der Waals surface area contributed by atoms with Crippen molar-refractivity contribution in [2.45, 2.75) is 17.0 Å². The van der Waals surface area contributed by atoms with E-state index in [0.717, 1.165) is 5.56 Å². The molecule has 0 unspecified atom stereocenters. The van der Waals surface area contributed by atoms with Crippen molar-refractivity contribution in [2.75, 3.05) is 13.1 Å². The molecule has 0 aliphatic carbocycles. The summed E-state index contributed by atoms with van der Waals surface area (Å²) in [6.45, 7) is 0.728. The van der Waals surface area contributed by atoms with E-state index in [2.05, 4.69) is 5.10 Å². The molecule has 2 aromatic rings. The van der Waals surface area contributed by atoms with Crippen LogP contribution in [0.1, 0.15) is 11.5 Å². The van der Waals surface area contributed by atoms with E-state index in [1.54, 1.807) is 7.05 Å². The molecule has 0 saturated carbocycles. The molecule has 0 amide bonds. The molecule has 3 rings (SSSR count). The Bertz CT molecular complexity index is 732. The number of nitrogens with two attached hydrogens (primary N) is 1. The van der Waals surface area contributed by atoms with E-state index in [0.29, 0.717) is 13.1 Å². The predicted molar refractivity (Wildman–Crippen MR) is 86.4 cm³/mol. The van der Waals surface area contributed by atoms with Crippen molar-refractivity contribution in [1.82, 2.24) is 14.1 Å². The van der Waals surface area contributed by atoms with Gasteiger partial charge in [0.2, 0.25) is 0 Å². The summed E-state index contributed by atoms with van der Waals surface area (Å²) in [5, 5.41) is 4.13. The minimum atomic E-state index is -3.55. The van der Waals surface area contributed by atoms with Crippen LogP contribution in [0.5, 0.6) is 0 Å². The number of nitrogens with zero attached hydrogens (tertiary/aromatic N) is 3. The van der Waals surface area contributed by atoms with Crippen molar-refractivity contribution in [1.29, 1.82) is 0 Å². The minimum absolute atomic E-state index is 0. The molecule has 1 aromatic carbocycles. The average Bonchev–Trinajstić information content (AvgIpc) is 3.06. The summed E-state index contributed by atoms with van der Waals surface area (Å²) >= 11 is 0. The maximum atomic E-state index is 12.6. The molecule has 120 valence electrons. The lowest BCUT2D eigenvalue weighted by Gasteiger charge is -2.16. The number of aryl methyl sites for hydroxylation is 1. The van der Waals surface area contributed by atoms with Crippen LogP contribution in [0.15, 0.2) is 47.6 Å². The molecule has 22 heavy (non-hydrogen) atoms. The highest BCUT2D eigenvalue weighted by molar-refractivity contribution is 7.89. The van der Waals surface area contributed by atoms with Gasteiger partial charge in [0, 0.05) is 32.1 Å². The lowest BCUT2D eigenvalue weighted by atomic mass is 9.95. The standard InChI is InChI=1S/C14H18N4O2S.ClH/c1-17-14(7-8-16-17)21(19,20)18-9-12(13(15)10-18)11-5-3-2-4-6-11;/h2-8,12-13H,9-10,15H2,1H3;1H/t12-,13+;/m0./s1. The first kappa shape index (κ1) is 17.0. The van der Waals surface area contributed by atoms with Crippen molar-refractivity contribution < 1.29 is 8.42 Å². The molecule has 8 heteroatoms. The van der Waals surface area contributed by atoms with Gasteiger partial charge in [-0.2, -0.15) is 9.40 Å². The molecule has 2 N–H and O–H groups in total. The van der Waals surface area contributed by atoms with E-state index in [-0.39, 0.29) is 29.4 Å². The first-order valence-electron chi connectivity index (χ1n) is 6.79. The van der Waals surface area contributed by atoms with Crippen LogP contribution in [0.2, 0.25) is 0 Å². The minimum Gasteiger partial charge on any atom is -0.326 e. The Kier molecular flexibility index (Phi) is 4.91. The summed E-state index contributed by atoms with van der Waals surface area (Å²) in [6, 6.07) is 11.1. The van der Waals surface area contributed by atoms with Crippen LogP contribution in [0.4, 0.5) is 0 Å². The van der Waals surface area contributed by atoms with Crippen molar-refractivity contribution in [2.24, 2.45) is 12.8 Å². The van der Waals surface area contributed by atoms with Crippen molar-refractivity contribution >= 4 is 22.4 Å². The second-order valence-electron chi connectivity index (χ2n) is 5.30. The van der Waals surface area contributed by atoms with Gasteiger partial charge in [0.15, 0.2) is 5.03 Å². The van der Waals surface area contributed by atoms with E-state index >= 15 is 0 Å². The first-order chi connectivity index (χ1) is 10.00. The molecule has 1 aliphatic heterocycles. The average molecular weight is 343 g/mol. The summed E-state index contributed by atoms with van der Waals surface area (Å²) in [5.41, 5.74) is 7.24. The summed E-state index contributed by atoms with van der Waals surface area (Å²) in [4.78, 5) is 0. The lowest BCUT2D eigenvalue weighted by molar-refractivity contribution is 0.460. The van der Waals surface area contributed by atoms with Gasteiger partial charge < -0.3 is 5.73 Å². The van der Waals surface area contributed by atoms with E-state index in [4.69, 9.17) is 5.73 Å². The fourth-order valence-corrected chi connectivity index (χ4v) is 4.39. The monoisotopic (exact) mass is 342 g/mol. The Morgan fingerprint density at radius 2 is 1.86 bits per heavy atom. The van der Waals surface area contributed by atoms with Gasteiger partial charge in [-0.3, -0.25) is 4.68 Å². The van der Waals surface area contributed by atoms with Crippen molar-refractivity contribution in [3.8, 4) is 0 Å². The zero-order valence-corrected chi connectivity index (χ0v) is 13.8. The third kappa shape index (κ3) is 2.89. The second kappa shape index (κ2) is 6.37. The molecule has 1 aliphatic rings. The topological polar surface area (TPSA) is 81.2 Å². The molecule has 0 bridgehead atoms. The lowest BCUT2D eigenvalue weighted by Crippen LogP contribution is -2.33. The Hall–Kier alpha value is -1.41. The fourth-order valence-electron chi connectivity index (χ4n) is 2.79. The summed E-state index contributed by atoms with van der Waals surface area (Å²) in [6.07, 6.45) is 1.48. The smallest absolute Gasteiger partial charge is 0.260 e. The number of hydrogen-bond donors (Lipinski definition) is 1. The van der Waals surface area contributed by atoms with Gasteiger partial charge in [-0.05, 0) is 11.6 Å². The maximum Gasteiger partial charge on any atom is 0.260 e. The van der Waals surface area contributed by atoms with Crippen LogP contribution in [0, 0.1) is 0 Å². The van der Waals surface area contributed by atoms with E-state index in [1.165, 1.54) is 21.3 Å². The van der Waals surface area contributed by atoms with Gasteiger partial charge >= 0.3 is 0 Å². The second-order valence-corrected chi connectivity index (χ2v) is 7.18. The zero-order valence-electron chi connectivity index (χ0n) is 12.2. The molecule has 6 nitrogen and oxygen atoms in total. The van der Waals surface area contributed by atoms with Gasteiger partial charge in [-0.1, -0.05) is 30.3 Å². The molecule has 1 fully saturated rings. The number of sulfonamides is 1. The van der Waals surface area contributed by atoms with Crippen LogP contribution in [-0.4, -0.2) is 41.6 Å². The highest BCUT2D eigenvalue weighted by Gasteiger charge is 2.39. The molecule has 2 heterocycles. The van der Waals surface area contributed by atoms with Crippen LogP contribution in [0.3, 0.4) is 0 Å². The largest absolute Gasteiger partial charge is 0.326 e. The SMILES string of the molecule is Cl.Cn1nccc1S(=O)(=O)N1C[C@@H](N)[C@H](c2ccccc2)C1. The molecule has 1 saturated heterocycles. The first-order valence-corrected chi connectivity index (χ1v) is 8.23. The van der Waals surface area contributed by atoms with Crippen LogP contribution in [0.25, 0.3) is 0 Å². The fraction of sp³-hybridized carbons (Fsp3) is 0.357. The Labute approximate surface area is 136 Å². The predicted octanol–water partition coefficient (Wildman–Crippen LogP) is 0.957. The number of hydrogen-bond acceptors (Lipinski definition) is 4.